The Balaban J connectivity index is 2.92. The normalized spacial score (nSPS) is 12.8. The van der Waals surface area contributed by atoms with E-state index in [1.165, 1.54) is 25.1 Å². The van der Waals surface area contributed by atoms with Gasteiger partial charge in [-0.05, 0) is 16.1 Å². The SMILES string of the molecule is C=C(Br)C[C@H](NC(=O)[C@@H](Cc1ccccc1F)NC(C)=O)C(N)=O. The molecule has 0 aliphatic carbocycles. The van der Waals surface area contributed by atoms with Crippen LogP contribution in [0.5, 0.6) is 0 Å². The van der Waals surface area contributed by atoms with Crippen molar-refractivity contribution >= 4 is 33.7 Å². The molecule has 0 fully saturated rings. The van der Waals surface area contributed by atoms with Gasteiger partial charge < -0.3 is 16.4 Å². The largest absolute Gasteiger partial charge is 0.368 e. The van der Waals surface area contributed by atoms with E-state index >= 15 is 0 Å². The monoisotopic (exact) mass is 399 g/mol. The first-order valence-corrected chi connectivity index (χ1v) is 7.93. The van der Waals surface area contributed by atoms with Crippen LogP contribution in [0.1, 0.15) is 18.9 Å². The maximum atomic E-state index is 13.8. The number of benzene rings is 1. The van der Waals surface area contributed by atoms with E-state index in [0.29, 0.717) is 4.48 Å². The van der Waals surface area contributed by atoms with Gasteiger partial charge in [0.15, 0.2) is 0 Å². The van der Waals surface area contributed by atoms with Gasteiger partial charge in [-0.2, -0.15) is 0 Å². The van der Waals surface area contributed by atoms with Crippen LogP contribution >= 0.6 is 15.9 Å². The lowest BCUT2D eigenvalue weighted by Gasteiger charge is -2.21. The van der Waals surface area contributed by atoms with Crippen molar-refractivity contribution in [1.82, 2.24) is 10.6 Å². The fraction of sp³-hybridized carbons (Fsp3) is 0.312. The lowest BCUT2D eigenvalue weighted by Crippen LogP contribution is -2.53. The quantitative estimate of drug-likeness (QED) is 0.610. The smallest absolute Gasteiger partial charge is 0.243 e. The molecule has 0 spiro atoms. The molecular formula is C16H19BrFN3O3. The Morgan fingerprint density at radius 2 is 1.88 bits per heavy atom. The Bertz CT molecular complexity index is 651. The molecule has 0 saturated heterocycles. The summed E-state index contributed by atoms with van der Waals surface area (Å²) in [6.07, 6.45) is 0.0480. The highest BCUT2D eigenvalue weighted by Crippen LogP contribution is 2.12. The maximum Gasteiger partial charge on any atom is 0.243 e. The summed E-state index contributed by atoms with van der Waals surface area (Å²) in [7, 11) is 0. The standard InChI is InChI=1S/C16H19BrFN3O3/c1-9(17)7-13(15(19)23)21-16(24)14(20-10(2)22)8-11-5-3-4-6-12(11)18/h3-6,13-14H,1,7-8H2,2H3,(H2,19,23)(H,20,22)(H,21,24)/t13-,14+/m0/s1. The van der Waals surface area contributed by atoms with E-state index in [1.54, 1.807) is 6.07 Å². The zero-order valence-corrected chi connectivity index (χ0v) is 14.7. The Hall–Kier alpha value is -2.22. The van der Waals surface area contributed by atoms with Crippen molar-refractivity contribution in [3.8, 4) is 0 Å². The van der Waals surface area contributed by atoms with E-state index in [-0.39, 0.29) is 18.4 Å². The number of carbonyl (C=O) groups excluding carboxylic acids is 3. The van der Waals surface area contributed by atoms with Gasteiger partial charge in [-0.1, -0.05) is 40.7 Å². The number of primary amides is 1. The van der Waals surface area contributed by atoms with Crippen molar-refractivity contribution in [2.24, 2.45) is 5.73 Å². The van der Waals surface area contributed by atoms with Gasteiger partial charge in [0.1, 0.15) is 17.9 Å². The molecule has 0 saturated carbocycles. The summed E-state index contributed by atoms with van der Waals surface area (Å²) in [5.74, 6) is -2.31. The molecule has 0 radical (unpaired) electrons. The first kappa shape index (κ1) is 19.8. The predicted molar refractivity (Wildman–Crippen MR) is 91.5 cm³/mol. The summed E-state index contributed by atoms with van der Waals surface area (Å²) in [4.78, 5) is 35.1. The van der Waals surface area contributed by atoms with Crippen LogP contribution in [0.4, 0.5) is 4.39 Å². The first-order chi connectivity index (χ1) is 11.2. The fourth-order valence-electron chi connectivity index (χ4n) is 2.06. The van der Waals surface area contributed by atoms with Gasteiger partial charge in [-0.25, -0.2) is 4.39 Å². The number of hydrogen-bond donors (Lipinski definition) is 3. The molecule has 0 bridgehead atoms. The Morgan fingerprint density at radius 1 is 1.25 bits per heavy atom. The number of rotatable bonds is 8. The third-order valence-corrected chi connectivity index (χ3v) is 3.49. The van der Waals surface area contributed by atoms with Crippen LogP contribution in [-0.2, 0) is 20.8 Å². The predicted octanol–water partition coefficient (Wildman–Crippen LogP) is 1.14. The van der Waals surface area contributed by atoms with Gasteiger partial charge in [0, 0.05) is 19.8 Å². The molecule has 0 aliphatic rings. The zero-order chi connectivity index (χ0) is 18.3. The molecule has 1 aromatic carbocycles. The molecule has 1 aromatic rings. The summed E-state index contributed by atoms with van der Waals surface area (Å²) in [6.45, 7) is 4.84. The van der Waals surface area contributed by atoms with Crippen LogP contribution in [0, 0.1) is 5.82 Å². The van der Waals surface area contributed by atoms with Crippen molar-refractivity contribution in [1.29, 1.82) is 0 Å². The number of nitrogens with one attached hydrogen (secondary N) is 2. The Morgan fingerprint density at radius 3 is 2.38 bits per heavy atom. The lowest BCUT2D eigenvalue weighted by atomic mass is 10.0. The fourth-order valence-corrected chi connectivity index (χ4v) is 2.38. The molecule has 130 valence electrons. The minimum absolute atomic E-state index is 0.0567. The number of amides is 3. The summed E-state index contributed by atoms with van der Waals surface area (Å²) in [5, 5.41) is 4.90. The van der Waals surface area contributed by atoms with E-state index in [1.807, 2.05) is 0 Å². The first-order valence-electron chi connectivity index (χ1n) is 7.14. The van der Waals surface area contributed by atoms with Crippen molar-refractivity contribution in [3.63, 3.8) is 0 Å². The maximum absolute atomic E-state index is 13.8. The number of hydrogen-bond acceptors (Lipinski definition) is 3. The van der Waals surface area contributed by atoms with Gasteiger partial charge in [0.2, 0.25) is 17.7 Å². The van der Waals surface area contributed by atoms with Crippen LogP contribution in [-0.4, -0.2) is 29.8 Å². The molecule has 0 unspecified atom stereocenters. The van der Waals surface area contributed by atoms with Gasteiger partial charge in [-0.3, -0.25) is 14.4 Å². The molecule has 0 aliphatic heterocycles. The van der Waals surface area contributed by atoms with Gasteiger partial charge in [-0.15, -0.1) is 0 Å². The second-order valence-electron chi connectivity index (χ2n) is 5.23. The minimum atomic E-state index is -1.04. The third kappa shape index (κ3) is 6.49. The van der Waals surface area contributed by atoms with Crippen molar-refractivity contribution < 1.29 is 18.8 Å². The van der Waals surface area contributed by atoms with Gasteiger partial charge in [0.05, 0.1) is 0 Å². The molecule has 1 rings (SSSR count). The lowest BCUT2D eigenvalue weighted by molar-refractivity contribution is -0.130. The topological polar surface area (TPSA) is 101 Å². The molecule has 3 amide bonds. The summed E-state index contributed by atoms with van der Waals surface area (Å²) >= 11 is 3.10. The highest BCUT2D eigenvalue weighted by atomic mass is 79.9. The van der Waals surface area contributed by atoms with Crippen LogP contribution in [0.25, 0.3) is 0 Å². The Labute approximate surface area is 147 Å². The molecule has 0 heterocycles. The third-order valence-electron chi connectivity index (χ3n) is 3.16. The summed E-state index contributed by atoms with van der Waals surface area (Å²) in [5.41, 5.74) is 5.52. The molecular weight excluding hydrogens is 381 g/mol. The Kier molecular flexibility index (Phi) is 7.57. The van der Waals surface area contributed by atoms with Crippen LogP contribution < -0.4 is 16.4 Å². The number of carbonyl (C=O) groups is 3. The highest BCUT2D eigenvalue weighted by molar-refractivity contribution is 9.11. The molecule has 2 atom stereocenters. The number of halogens is 2. The molecule has 24 heavy (non-hydrogen) atoms. The van der Waals surface area contributed by atoms with E-state index < -0.39 is 35.6 Å². The molecule has 6 nitrogen and oxygen atoms in total. The van der Waals surface area contributed by atoms with Crippen LogP contribution in [0.3, 0.4) is 0 Å². The van der Waals surface area contributed by atoms with Crippen molar-refractivity contribution in [2.75, 3.05) is 0 Å². The second-order valence-corrected chi connectivity index (χ2v) is 6.36. The van der Waals surface area contributed by atoms with Crippen molar-refractivity contribution in [2.45, 2.75) is 31.8 Å². The number of nitrogens with two attached hydrogens (primary N) is 1. The molecule has 0 aromatic heterocycles. The zero-order valence-electron chi connectivity index (χ0n) is 13.1. The summed E-state index contributed by atoms with van der Waals surface area (Å²) < 4.78 is 14.3. The van der Waals surface area contributed by atoms with E-state index in [4.69, 9.17) is 5.73 Å². The van der Waals surface area contributed by atoms with E-state index in [9.17, 15) is 18.8 Å². The molecule has 4 N–H and O–H groups in total. The molecule has 8 heteroatoms. The second kappa shape index (κ2) is 9.17. The van der Waals surface area contributed by atoms with Crippen LogP contribution in [0.2, 0.25) is 0 Å². The van der Waals surface area contributed by atoms with E-state index in [2.05, 4.69) is 33.1 Å². The van der Waals surface area contributed by atoms with Crippen molar-refractivity contribution in [3.05, 3.63) is 46.7 Å². The summed E-state index contributed by atoms with van der Waals surface area (Å²) in [6, 6.07) is 3.91. The van der Waals surface area contributed by atoms with Gasteiger partial charge >= 0.3 is 0 Å². The average Bonchev–Trinajstić information content (AvgIpc) is 2.47. The minimum Gasteiger partial charge on any atom is -0.368 e. The highest BCUT2D eigenvalue weighted by Gasteiger charge is 2.26. The van der Waals surface area contributed by atoms with E-state index in [0.717, 1.165) is 0 Å². The van der Waals surface area contributed by atoms with Crippen LogP contribution in [0.15, 0.2) is 35.3 Å². The van der Waals surface area contributed by atoms with Gasteiger partial charge in [0.25, 0.3) is 0 Å². The average molecular weight is 400 g/mol.